The molecule has 0 saturated carbocycles. The first-order chi connectivity index (χ1) is 9.69. The Hall–Kier alpha value is 0.270. The molecule has 2 saturated heterocycles. The quantitative estimate of drug-likeness (QED) is 0.405. The first kappa shape index (κ1) is 19.3. The van der Waals surface area contributed by atoms with Crippen molar-refractivity contribution < 1.29 is 9.84 Å². The van der Waals surface area contributed by atoms with E-state index in [1.54, 1.807) is 0 Å². The summed E-state index contributed by atoms with van der Waals surface area (Å²) in [7, 11) is 1.84. The van der Waals surface area contributed by atoms with Gasteiger partial charge in [-0.2, -0.15) is 11.8 Å². The predicted octanol–water partition coefficient (Wildman–Crippen LogP) is 1.55. The van der Waals surface area contributed by atoms with Crippen LogP contribution in [0.5, 0.6) is 0 Å². The molecule has 2 aliphatic heterocycles. The van der Waals surface area contributed by atoms with Crippen molar-refractivity contribution in [2.75, 3.05) is 46.2 Å². The first-order valence-electron chi connectivity index (χ1n) is 7.46. The second-order valence-electron chi connectivity index (χ2n) is 5.62. The van der Waals surface area contributed by atoms with Crippen molar-refractivity contribution in [3.63, 3.8) is 0 Å². The SMILES string of the molecule is CN=C(NCC1(SC)CCOCC1)N1CCC(O)CC1.I. The van der Waals surface area contributed by atoms with Gasteiger partial charge in [-0.1, -0.05) is 0 Å². The van der Waals surface area contributed by atoms with Gasteiger partial charge in [0.1, 0.15) is 0 Å². The summed E-state index contributed by atoms with van der Waals surface area (Å²) in [6, 6.07) is 0. The molecule has 2 aliphatic rings. The molecule has 0 radical (unpaired) electrons. The van der Waals surface area contributed by atoms with Crippen molar-refractivity contribution in [1.82, 2.24) is 10.2 Å². The van der Waals surface area contributed by atoms with E-state index in [-0.39, 0.29) is 34.8 Å². The van der Waals surface area contributed by atoms with Crippen LogP contribution in [0.1, 0.15) is 25.7 Å². The van der Waals surface area contributed by atoms with Gasteiger partial charge in [-0.15, -0.1) is 24.0 Å². The number of hydrogen-bond acceptors (Lipinski definition) is 4. The maximum atomic E-state index is 9.59. The molecule has 0 aromatic heterocycles. The van der Waals surface area contributed by atoms with Gasteiger partial charge >= 0.3 is 0 Å². The standard InChI is InChI=1S/C14H27N3O2S.HI/c1-15-13(17-7-3-12(18)4-8-17)16-11-14(20-2)5-9-19-10-6-14;/h12,18H,3-11H2,1-2H3,(H,15,16);1H. The number of guanidine groups is 1. The lowest BCUT2D eigenvalue weighted by atomic mass is 9.99. The van der Waals surface area contributed by atoms with Gasteiger partial charge in [-0.3, -0.25) is 4.99 Å². The maximum absolute atomic E-state index is 9.59. The summed E-state index contributed by atoms with van der Waals surface area (Å²) in [5.41, 5.74) is 0. The summed E-state index contributed by atoms with van der Waals surface area (Å²) < 4.78 is 5.75. The van der Waals surface area contributed by atoms with E-state index in [9.17, 15) is 5.11 Å². The number of hydrogen-bond donors (Lipinski definition) is 2. The van der Waals surface area contributed by atoms with Crippen LogP contribution in [0.4, 0.5) is 0 Å². The van der Waals surface area contributed by atoms with Gasteiger partial charge in [0, 0.05) is 44.6 Å². The molecule has 2 fully saturated rings. The first-order valence-corrected chi connectivity index (χ1v) is 8.68. The highest BCUT2D eigenvalue weighted by Crippen LogP contribution is 2.33. The molecule has 0 aromatic rings. The van der Waals surface area contributed by atoms with Crippen LogP contribution in [0.25, 0.3) is 0 Å². The minimum absolute atomic E-state index is 0. The second kappa shape index (κ2) is 9.42. The summed E-state index contributed by atoms with van der Waals surface area (Å²) in [5.74, 6) is 0.969. The van der Waals surface area contributed by atoms with Crippen molar-refractivity contribution in [2.45, 2.75) is 36.5 Å². The molecule has 0 spiro atoms. The molecule has 0 aromatic carbocycles. The van der Waals surface area contributed by atoms with Gasteiger partial charge in [0.2, 0.25) is 0 Å². The van der Waals surface area contributed by atoms with E-state index in [1.165, 1.54) is 0 Å². The lowest BCUT2D eigenvalue weighted by Gasteiger charge is -2.38. The van der Waals surface area contributed by atoms with E-state index in [4.69, 9.17) is 4.74 Å². The lowest BCUT2D eigenvalue weighted by Crippen LogP contribution is -2.51. The van der Waals surface area contributed by atoms with Gasteiger partial charge in [0.15, 0.2) is 5.96 Å². The Morgan fingerprint density at radius 3 is 2.52 bits per heavy atom. The molecular weight excluding hydrogens is 401 g/mol. The highest BCUT2D eigenvalue weighted by atomic mass is 127. The molecule has 0 atom stereocenters. The number of aliphatic hydroxyl groups is 1. The fourth-order valence-electron chi connectivity index (χ4n) is 2.85. The number of aliphatic imine (C=N–C) groups is 1. The Kier molecular flexibility index (Phi) is 8.66. The third-order valence-electron chi connectivity index (χ3n) is 4.38. The fourth-order valence-corrected chi connectivity index (χ4v) is 3.64. The molecular formula is C14H28IN3O2S. The van der Waals surface area contributed by atoms with E-state index in [0.717, 1.165) is 64.5 Å². The summed E-state index contributed by atoms with van der Waals surface area (Å²) in [6.45, 7) is 4.42. The summed E-state index contributed by atoms with van der Waals surface area (Å²) in [4.78, 5) is 6.65. The zero-order chi connectivity index (χ0) is 14.4. The van der Waals surface area contributed by atoms with Crippen molar-refractivity contribution in [3.05, 3.63) is 0 Å². The van der Waals surface area contributed by atoms with E-state index in [0.29, 0.717) is 0 Å². The van der Waals surface area contributed by atoms with Crippen molar-refractivity contribution >= 4 is 41.7 Å². The predicted molar refractivity (Wildman–Crippen MR) is 99.9 cm³/mol. The molecule has 21 heavy (non-hydrogen) atoms. The number of likely N-dealkylation sites (tertiary alicyclic amines) is 1. The number of aliphatic hydroxyl groups excluding tert-OH is 1. The van der Waals surface area contributed by atoms with E-state index < -0.39 is 0 Å². The Labute approximate surface area is 149 Å². The molecule has 124 valence electrons. The summed E-state index contributed by atoms with van der Waals surface area (Å²) >= 11 is 1.94. The zero-order valence-corrected chi connectivity index (χ0v) is 16.2. The third kappa shape index (κ3) is 5.44. The number of nitrogens with zero attached hydrogens (tertiary/aromatic N) is 2. The van der Waals surface area contributed by atoms with Crippen LogP contribution < -0.4 is 5.32 Å². The van der Waals surface area contributed by atoms with Gasteiger partial charge in [-0.25, -0.2) is 0 Å². The van der Waals surface area contributed by atoms with Crippen LogP contribution in [0.15, 0.2) is 4.99 Å². The minimum Gasteiger partial charge on any atom is -0.393 e. The fraction of sp³-hybridized carbons (Fsp3) is 0.929. The third-order valence-corrected chi connectivity index (χ3v) is 5.80. The van der Waals surface area contributed by atoms with Crippen LogP contribution in [0.3, 0.4) is 0 Å². The Morgan fingerprint density at radius 1 is 1.38 bits per heavy atom. The number of halogens is 1. The van der Waals surface area contributed by atoms with Crippen molar-refractivity contribution in [2.24, 2.45) is 4.99 Å². The molecule has 2 N–H and O–H groups in total. The smallest absolute Gasteiger partial charge is 0.193 e. The molecule has 5 nitrogen and oxygen atoms in total. The number of thioether (sulfide) groups is 1. The van der Waals surface area contributed by atoms with Crippen LogP contribution >= 0.6 is 35.7 Å². The summed E-state index contributed by atoms with van der Waals surface area (Å²) in [6.07, 6.45) is 5.91. The van der Waals surface area contributed by atoms with Crippen LogP contribution in [0.2, 0.25) is 0 Å². The van der Waals surface area contributed by atoms with E-state index in [1.807, 2.05) is 18.8 Å². The maximum Gasteiger partial charge on any atom is 0.193 e. The molecule has 0 aliphatic carbocycles. The molecule has 0 amide bonds. The Balaban J connectivity index is 0.00000220. The largest absolute Gasteiger partial charge is 0.393 e. The zero-order valence-electron chi connectivity index (χ0n) is 13.0. The molecule has 7 heteroatoms. The topological polar surface area (TPSA) is 57.1 Å². The number of nitrogens with one attached hydrogen (secondary N) is 1. The highest BCUT2D eigenvalue weighted by molar-refractivity contribution is 14.0. The van der Waals surface area contributed by atoms with Gasteiger partial charge in [-0.05, 0) is 31.9 Å². The summed E-state index contributed by atoms with van der Waals surface area (Å²) in [5, 5.41) is 13.1. The van der Waals surface area contributed by atoms with Gasteiger partial charge in [0.05, 0.1) is 6.10 Å². The highest BCUT2D eigenvalue weighted by Gasteiger charge is 2.32. The molecule has 2 heterocycles. The van der Waals surface area contributed by atoms with Gasteiger partial charge < -0.3 is 20.1 Å². The number of piperidine rings is 1. The lowest BCUT2D eigenvalue weighted by molar-refractivity contribution is 0.0776. The number of ether oxygens (including phenoxy) is 1. The monoisotopic (exact) mass is 429 g/mol. The van der Waals surface area contributed by atoms with Crippen molar-refractivity contribution in [3.8, 4) is 0 Å². The normalized spacial score (nSPS) is 23.6. The van der Waals surface area contributed by atoms with E-state index >= 15 is 0 Å². The molecule has 2 rings (SSSR count). The Morgan fingerprint density at radius 2 is 2.00 bits per heavy atom. The second-order valence-corrected chi connectivity index (χ2v) is 6.89. The van der Waals surface area contributed by atoms with Crippen LogP contribution in [-0.4, -0.2) is 73.0 Å². The van der Waals surface area contributed by atoms with Crippen molar-refractivity contribution in [1.29, 1.82) is 0 Å². The van der Waals surface area contributed by atoms with Gasteiger partial charge in [0.25, 0.3) is 0 Å². The average Bonchev–Trinajstić information content (AvgIpc) is 2.50. The van der Waals surface area contributed by atoms with E-state index in [2.05, 4.69) is 21.5 Å². The minimum atomic E-state index is -0.141. The molecule has 0 unspecified atom stereocenters. The Bertz CT molecular complexity index is 330. The average molecular weight is 429 g/mol. The van der Waals surface area contributed by atoms with Crippen LogP contribution in [0, 0.1) is 0 Å². The number of rotatable bonds is 3. The molecule has 0 bridgehead atoms. The van der Waals surface area contributed by atoms with Crippen LogP contribution in [-0.2, 0) is 4.74 Å².